The van der Waals surface area contributed by atoms with E-state index in [1.165, 1.54) is 0 Å². The topological polar surface area (TPSA) is 23.1 Å². The summed E-state index contributed by atoms with van der Waals surface area (Å²) in [7, 11) is 0. The number of rotatable bonds is 2. The van der Waals surface area contributed by atoms with Crippen molar-refractivity contribution in [2.75, 3.05) is 19.6 Å². The van der Waals surface area contributed by atoms with Gasteiger partial charge in [-0.15, -0.1) is 0 Å². The van der Waals surface area contributed by atoms with Crippen molar-refractivity contribution < 1.29 is 4.65 Å². The Hall–Kier alpha value is -0.0800. The zero-order valence-corrected chi connectivity index (χ0v) is 5.81. The summed E-state index contributed by atoms with van der Waals surface area (Å²) >= 11 is 0. The van der Waals surface area contributed by atoms with Crippen molar-refractivity contribution in [3.8, 4) is 0 Å². The molecule has 9 heavy (non-hydrogen) atoms. The standard InChI is InChI=1S/C7H14NO/c1-2-5-8(9)6-3-4-7-8/h1-7H2. The van der Waals surface area contributed by atoms with Crippen LogP contribution >= 0.6 is 0 Å². The summed E-state index contributed by atoms with van der Waals surface area (Å²) in [4.78, 5) is 0. The van der Waals surface area contributed by atoms with Crippen LogP contribution in [0.2, 0.25) is 0 Å². The smallest absolute Gasteiger partial charge is 0.0786 e. The summed E-state index contributed by atoms with van der Waals surface area (Å²) in [6, 6.07) is 0. The number of hydroxylamine groups is 3. The third-order valence-corrected chi connectivity index (χ3v) is 1.95. The third-order valence-electron chi connectivity index (χ3n) is 1.95. The van der Waals surface area contributed by atoms with Gasteiger partial charge < -0.3 is 9.85 Å². The molecule has 0 aromatic carbocycles. The Bertz CT molecular complexity index is 86.9. The molecule has 0 N–H and O–H groups in total. The number of quaternary nitrogens is 1. The third kappa shape index (κ3) is 1.66. The molecule has 2 nitrogen and oxygen atoms in total. The van der Waals surface area contributed by atoms with E-state index in [1.807, 2.05) is 0 Å². The maximum atomic E-state index is 11.4. The molecular weight excluding hydrogens is 114 g/mol. The summed E-state index contributed by atoms with van der Waals surface area (Å²) in [5.41, 5.74) is 0. The molecule has 1 aliphatic heterocycles. The lowest BCUT2D eigenvalue weighted by atomic mass is 10.4. The van der Waals surface area contributed by atoms with Gasteiger partial charge in [-0.1, -0.05) is 0 Å². The fraction of sp³-hybridized carbons (Fsp3) is 0.857. The summed E-state index contributed by atoms with van der Waals surface area (Å²) in [6.07, 6.45) is 3.01. The van der Waals surface area contributed by atoms with E-state index in [9.17, 15) is 5.21 Å². The lowest BCUT2D eigenvalue weighted by Gasteiger charge is -2.38. The van der Waals surface area contributed by atoms with E-state index < -0.39 is 0 Å². The minimum Gasteiger partial charge on any atom is -0.633 e. The zero-order valence-electron chi connectivity index (χ0n) is 5.81. The molecule has 1 fully saturated rings. The SMILES string of the molecule is [CH2]CC[N+]1([O-])CCCC1. The van der Waals surface area contributed by atoms with Crippen LogP contribution in [0.25, 0.3) is 0 Å². The number of hydrogen-bond donors (Lipinski definition) is 0. The minimum atomic E-state index is 0.0312. The van der Waals surface area contributed by atoms with Gasteiger partial charge in [-0.25, -0.2) is 0 Å². The van der Waals surface area contributed by atoms with Gasteiger partial charge in [0.2, 0.25) is 0 Å². The maximum Gasteiger partial charge on any atom is 0.0786 e. The van der Waals surface area contributed by atoms with Crippen molar-refractivity contribution in [1.82, 2.24) is 0 Å². The summed E-state index contributed by atoms with van der Waals surface area (Å²) in [5, 5.41) is 11.4. The molecule has 1 radical (unpaired) electrons. The Morgan fingerprint density at radius 1 is 1.33 bits per heavy atom. The van der Waals surface area contributed by atoms with Gasteiger partial charge in [-0.3, -0.25) is 0 Å². The van der Waals surface area contributed by atoms with E-state index in [-0.39, 0.29) is 4.65 Å². The van der Waals surface area contributed by atoms with E-state index in [1.54, 1.807) is 0 Å². The van der Waals surface area contributed by atoms with Gasteiger partial charge >= 0.3 is 0 Å². The minimum absolute atomic E-state index is 0.0312. The monoisotopic (exact) mass is 128 g/mol. The largest absolute Gasteiger partial charge is 0.633 e. The molecular formula is C7H14NO. The number of likely N-dealkylation sites (tertiary alicyclic amines) is 1. The highest BCUT2D eigenvalue weighted by atomic mass is 16.5. The quantitative estimate of drug-likeness (QED) is 0.406. The Morgan fingerprint density at radius 2 is 1.89 bits per heavy atom. The molecule has 2 heteroatoms. The van der Waals surface area contributed by atoms with Gasteiger partial charge in [0.25, 0.3) is 0 Å². The zero-order chi connectivity index (χ0) is 6.74. The van der Waals surface area contributed by atoms with Gasteiger partial charge in [0.05, 0.1) is 19.6 Å². The molecule has 0 amide bonds. The van der Waals surface area contributed by atoms with Crippen molar-refractivity contribution in [1.29, 1.82) is 0 Å². The summed E-state index contributed by atoms with van der Waals surface area (Å²) in [6.45, 7) is 6.06. The predicted octanol–water partition coefficient (Wildman–Crippen LogP) is 1.32. The highest BCUT2D eigenvalue weighted by Gasteiger charge is 2.20. The van der Waals surface area contributed by atoms with Crippen molar-refractivity contribution in [3.63, 3.8) is 0 Å². The first-order valence-corrected chi connectivity index (χ1v) is 3.63. The van der Waals surface area contributed by atoms with Crippen LogP contribution in [-0.2, 0) is 0 Å². The lowest BCUT2D eigenvalue weighted by molar-refractivity contribution is -0.867. The van der Waals surface area contributed by atoms with Crippen LogP contribution in [0.5, 0.6) is 0 Å². The molecule has 1 rings (SSSR count). The van der Waals surface area contributed by atoms with Gasteiger partial charge in [0.15, 0.2) is 0 Å². The van der Waals surface area contributed by atoms with Crippen LogP contribution < -0.4 is 0 Å². The second kappa shape index (κ2) is 2.67. The molecule has 0 unspecified atom stereocenters. The molecule has 0 bridgehead atoms. The van der Waals surface area contributed by atoms with E-state index in [4.69, 9.17) is 0 Å². The van der Waals surface area contributed by atoms with Gasteiger partial charge in [-0.05, 0) is 13.3 Å². The summed E-state index contributed by atoms with van der Waals surface area (Å²) < 4.78 is 0.0312. The molecule has 53 valence electrons. The van der Waals surface area contributed by atoms with E-state index in [0.717, 1.165) is 38.9 Å². The van der Waals surface area contributed by atoms with Crippen LogP contribution in [0.15, 0.2) is 0 Å². The molecule has 0 aliphatic carbocycles. The van der Waals surface area contributed by atoms with Crippen LogP contribution in [0.1, 0.15) is 19.3 Å². The van der Waals surface area contributed by atoms with Crippen molar-refractivity contribution in [2.45, 2.75) is 19.3 Å². The van der Waals surface area contributed by atoms with Crippen molar-refractivity contribution >= 4 is 0 Å². The maximum absolute atomic E-state index is 11.4. The molecule has 0 aromatic rings. The fourth-order valence-corrected chi connectivity index (χ4v) is 1.42. The molecule has 0 atom stereocenters. The van der Waals surface area contributed by atoms with Gasteiger partial charge in [0, 0.05) is 12.8 Å². The van der Waals surface area contributed by atoms with Crippen LogP contribution in [0.3, 0.4) is 0 Å². The number of nitrogens with zero attached hydrogens (tertiary/aromatic N) is 1. The normalized spacial score (nSPS) is 24.7. The van der Waals surface area contributed by atoms with Crippen LogP contribution in [0.4, 0.5) is 0 Å². The van der Waals surface area contributed by atoms with Crippen molar-refractivity contribution in [3.05, 3.63) is 12.1 Å². The molecule has 0 aromatic heterocycles. The number of hydrogen-bond acceptors (Lipinski definition) is 1. The van der Waals surface area contributed by atoms with Gasteiger partial charge in [-0.2, -0.15) is 0 Å². The van der Waals surface area contributed by atoms with Crippen LogP contribution in [-0.4, -0.2) is 24.3 Å². The Labute approximate surface area is 56.6 Å². The molecule has 1 heterocycles. The van der Waals surface area contributed by atoms with E-state index >= 15 is 0 Å². The molecule has 0 saturated carbocycles. The lowest BCUT2D eigenvalue weighted by Crippen LogP contribution is -2.39. The fourth-order valence-electron chi connectivity index (χ4n) is 1.42. The first-order chi connectivity index (χ1) is 4.27. The second-order valence-electron chi connectivity index (χ2n) is 2.79. The molecule has 0 spiro atoms. The Kier molecular flexibility index (Phi) is 2.09. The molecule has 1 aliphatic rings. The van der Waals surface area contributed by atoms with E-state index in [0.29, 0.717) is 0 Å². The highest BCUT2D eigenvalue weighted by molar-refractivity contribution is 4.55. The van der Waals surface area contributed by atoms with Crippen LogP contribution in [0, 0.1) is 12.1 Å². The summed E-state index contributed by atoms with van der Waals surface area (Å²) in [5.74, 6) is 0. The highest BCUT2D eigenvalue weighted by Crippen LogP contribution is 2.17. The second-order valence-corrected chi connectivity index (χ2v) is 2.79. The average Bonchev–Trinajstić information content (AvgIpc) is 2.16. The van der Waals surface area contributed by atoms with E-state index in [2.05, 4.69) is 6.92 Å². The first kappa shape index (κ1) is 7.03. The first-order valence-electron chi connectivity index (χ1n) is 3.63. The predicted molar refractivity (Wildman–Crippen MR) is 37.4 cm³/mol. The Morgan fingerprint density at radius 3 is 2.33 bits per heavy atom. The van der Waals surface area contributed by atoms with Gasteiger partial charge in [0.1, 0.15) is 0 Å². The average molecular weight is 128 g/mol. The molecule has 1 saturated heterocycles. The Balaban J connectivity index is 2.32. The van der Waals surface area contributed by atoms with Crippen molar-refractivity contribution in [2.24, 2.45) is 0 Å².